The summed E-state index contributed by atoms with van der Waals surface area (Å²) in [4.78, 5) is 32.8. The number of amides is 2. The summed E-state index contributed by atoms with van der Waals surface area (Å²) in [5.74, 6) is 0.722. The molecule has 1 aliphatic heterocycles. The van der Waals surface area contributed by atoms with Crippen LogP contribution in [0, 0.1) is 0 Å². The number of benzene rings is 1. The van der Waals surface area contributed by atoms with Crippen molar-refractivity contribution in [2.45, 2.75) is 13.1 Å². The van der Waals surface area contributed by atoms with Gasteiger partial charge in [-0.3, -0.25) is 19.6 Å². The zero-order valence-corrected chi connectivity index (χ0v) is 15.4. The monoisotopic (exact) mass is 390 g/mol. The molecule has 3 heterocycles. The van der Waals surface area contributed by atoms with Crippen LogP contribution in [0.1, 0.15) is 31.8 Å². The first-order valence-corrected chi connectivity index (χ1v) is 8.98. The number of ether oxygens (including phenoxy) is 2. The molecule has 8 heteroatoms. The highest BCUT2D eigenvalue weighted by Crippen LogP contribution is 2.32. The summed E-state index contributed by atoms with van der Waals surface area (Å²) in [6.45, 7) is 0.878. The first-order valence-electron chi connectivity index (χ1n) is 8.98. The van der Waals surface area contributed by atoms with E-state index in [1.165, 1.54) is 18.5 Å². The highest BCUT2D eigenvalue weighted by Gasteiger charge is 2.14. The van der Waals surface area contributed by atoms with Crippen molar-refractivity contribution in [1.82, 2.24) is 20.6 Å². The topological polar surface area (TPSA) is 102 Å². The fourth-order valence-corrected chi connectivity index (χ4v) is 2.81. The average molecular weight is 390 g/mol. The van der Waals surface area contributed by atoms with Crippen LogP contribution in [0.2, 0.25) is 0 Å². The first-order chi connectivity index (χ1) is 14.2. The van der Waals surface area contributed by atoms with Crippen LogP contribution in [0.15, 0.2) is 61.2 Å². The van der Waals surface area contributed by atoms with Gasteiger partial charge >= 0.3 is 0 Å². The standard InChI is InChI=1S/C21H18N4O4/c26-20(24-9-14-3-5-22-6-4-14)16-8-17(12-23-11-16)21(27)25-10-15-1-2-18-19(7-15)29-13-28-18/h1-8,11-12H,9-10,13H2,(H,24,26)(H,25,27). The second-order valence-electron chi connectivity index (χ2n) is 6.37. The number of nitrogens with one attached hydrogen (secondary N) is 2. The molecule has 0 unspecified atom stereocenters. The third-order valence-electron chi connectivity index (χ3n) is 4.36. The number of fused-ring (bicyclic) bond motifs is 1. The number of hydrogen-bond donors (Lipinski definition) is 2. The maximum atomic E-state index is 12.5. The molecule has 1 aromatic carbocycles. The fraction of sp³-hybridized carbons (Fsp3) is 0.143. The van der Waals surface area contributed by atoms with Crippen LogP contribution < -0.4 is 20.1 Å². The summed E-state index contributed by atoms with van der Waals surface area (Å²) in [5, 5.41) is 5.62. The van der Waals surface area contributed by atoms with Crippen LogP contribution in [0.3, 0.4) is 0 Å². The normalized spacial score (nSPS) is 11.7. The molecule has 8 nitrogen and oxygen atoms in total. The second-order valence-corrected chi connectivity index (χ2v) is 6.37. The molecular weight excluding hydrogens is 372 g/mol. The molecule has 4 rings (SSSR count). The lowest BCUT2D eigenvalue weighted by Crippen LogP contribution is -2.25. The Labute approximate surface area is 166 Å². The van der Waals surface area contributed by atoms with Gasteiger partial charge < -0.3 is 20.1 Å². The molecule has 0 radical (unpaired) electrons. The molecule has 0 atom stereocenters. The minimum absolute atomic E-state index is 0.201. The third kappa shape index (κ3) is 4.49. The number of aromatic nitrogens is 2. The Bertz CT molecular complexity index is 1040. The number of nitrogens with zero attached hydrogens (tertiary/aromatic N) is 2. The van der Waals surface area contributed by atoms with Gasteiger partial charge in [-0.05, 0) is 41.5 Å². The van der Waals surface area contributed by atoms with Crippen LogP contribution in [0.25, 0.3) is 0 Å². The van der Waals surface area contributed by atoms with Crippen LogP contribution in [-0.4, -0.2) is 28.6 Å². The van der Waals surface area contributed by atoms with Crippen LogP contribution in [0.4, 0.5) is 0 Å². The number of rotatable bonds is 6. The zero-order chi connectivity index (χ0) is 20.1. The summed E-state index contributed by atoms with van der Waals surface area (Å²) in [6.07, 6.45) is 6.17. The number of hydrogen-bond acceptors (Lipinski definition) is 6. The van der Waals surface area contributed by atoms with Crippen molar-refractivity contribution in [2.24, 2.45) is 0 Å². The Balaban J connectivity index is 1.36. The van der Waals surface area contributed by atoms with E-state index >= 15 is 0 Å². The second kappa shape index (κ2) is 8.39. The van der Waals surface area contributed by atoms with Gasteiger partial charge in [-0.1, -0.05) is 6.07 Å². The van der Waals surface area contributed by atoms with E-state index in [-0.39, 0.29) is 18.6 Å². The average Bonchev–Trinajstić information content (AvgIpc) is 3.24. The van der Waals surface area contributed by atoms with Gasteiger partial charge in [0.15, 0.2) is 11.5 Å². The summed E-state index contributed by atoms with van der Waals surface area (Å²) in [7, 11) is 0. The van der Waals surface area contributed by atoms with E-state index in [9.17, 15) is 9.59 Å². The van der Waals surface area contributed by atoms with Crippen molar-refractivity contribution in [3.63, 3.8) is 0 Å². The van der Waals surface area contributed by atoms with Crippen LogP contribution >= 0.6 is 0 Å². The maximum absolute atomic E-state index is 12.5. The maximum Gasteiger partial charge on any atom is 0.253 e. The molecule has 1 aliphatic rings. The molecule has 146 valence electrons. The molecule has 29 heavy (non-hydrogen) atoms. The molecule has 0 aliphatic carbocycles. The predicted molar refractivity (Wildman–Crippen MR) is 103 cm³/mol. The third-order valence-corrected chi connectivity index (χ3v) is 4.36. The van der Waals surface area contributed by atoms with Crippen molar-refractivity contribution in [2.75, 3.05) is 6.79 Å². The van der Waals surface area contributed by atoms with Crippen molar-refractivity contribution in [3.8, 4) is 11.5 Å². The molecule has 0 saturated heterocycles. The zero-order valence-electron chi connectivity index (χ0n) is 15.4. The lowest BCUT2D eigenvalue weighted by atomic mass is 10.1. The molecular formula is C21H18N4O4. The van der Waals surface area contributed by atoms with E-state index in [4.69, 9.17) is 9.47 Å². The molecule has 0 fully saturated rings. The van der Waals surface area contributed by atoms with Gasteiger partial charge in [0.25, 0.3) is 11.8 Å². The molecule has 0 spiro atoms. The van der Waals surface area contributed by atoms with E-state index in [2.05, 4.69) is 20.6 Å². The van der Waals surface area contributed by atoms with Crippen molar-refractivity contribution >= 4 is 11.8 Å². The fourth-order valence-electron chi connectivity index (χ4n) is 2.81. The Morgan fingerprint density at radius 1 is 0.793 bits per heavy atom. The molecule has 3 aromatic rings. The van der Waals surface area contributed by atoms with E-state index in [1.807, 2.05) is 24.3 Å². The first kappa shape index (κ1) is 18.4. The van der Waals surface area contributed by atoms with Gasteiger partial charge in [-0.15, -0.1) is 0 Å². The van der Waals surface area contributed by atoms with Crippen LogP contribution in [-0.2, 0) is 13.1 Å². The number of carbonyl (C=O) groups is 2. The number of carbonyl (C=O) groups excluding carboxylic acids is 2. The van der Waals surface area contributed by atoms with E-state index < -0.39 is 0 Å². The van der Waals surface area contributed by atoms with Crippen LogP contribution in [0.5, 0.6) is 11.5 Å². The molecule has 2 amide bonds. The van der Waals surface area contributed by atoms with Crippen molar-refractivity contribution in [1.29, 1.82) is 0 Å². The Morgan fingerprint density at radius 2 is 1.45 bits per heavy atom. The van der Waals surface area contributed by atoms with Crippen molar-refractivity contribution < 1.29 is 19.1 Å². The van der Waals surface area contributed by atoms with E-state index in [1.54, 1.807) is 18.5 Å². The van der Waals surface area contributed by atoms with E-state index in [0.29, 0.717) is 35.7 Å². The smallest absolute Gasteiger partial charge is 0.253 e. The van der Waals surface area contributed by atoms with Gasteiger partial charge in [0.2, 0.25) is 6.79 Å². The number of pyridine rings is 2. The Hall–Kier alpha value is -3.94. The quantitative estimate of drug-likeness (QED) is 0.668. The van der Waals surface area contributed by atoms with Crippen molar-refractivity contribution in [3.05, 3.63) is 83.4 Å². The molecule has 2 N–H and O–H groups in total. The summed E-state index contributed by atoms with van der Waals surface area (Å²) in [6, 6.07) is 10.6. The summed E-state index contributed by atoms with van der Waals surface area (Å²) in [5.41, 5.74) is 2.43. The largest absolute Gasteiger partial charge is 0.454 e. The lowest BCUT2D eigenvalue weighted by Gasteiger charge is -2.08. The lowest BCUT2D eigenvalue weighted by molar-refractivity contribution is 0.0950. The minimum atomic E-state index is -0.320. The molecule has 0 saturated carbocycles. The minimum Gasteiger partial charge on any atom is -0.454 e. The van der Waals surface area contributed by atoms with Gasteiger partial charge in [0, 0.05) is 37.9 Å². The highest BCUT2D eigenvalue weighted by molar-refractivity contribution is 5.99. The van der Waals surface area contributed by atoms with Gasteiger partial charge in [-0.2, -0.15) is 0 Å². The SMILES string of the molecule is O=C(NCc1ccncc1)c1cncc(C(=O)NCc2ccc3c(c2)OCO3)c1. The summed E-state index contributed by atoms with van der Waals surface area (Å²) < 4.78 is 10.6. The van der Waals surface area contributed by atoms with Gasteiger partial charge in [0.1, 0.15) is 0 Å². The van der Waals surface area contributed by atoms with Gasteiger partial charge in [-0.25, -0.2) is 0 Å². The highest BCUT2D eigenvalue weighted by atomic mass is 16.7. The van der Waals surface area contributed by atoms with E-state index in [0.717, 1.165) is 11.1 Å². The molecule has 0 bridgehead atoms. The Morgan fingerprint density at radius 3 is 2.17 bits per heavy atom. The Kier molecular flexibility index (Phi) is 5.33. The predicted octanol–water partition coefficient (Wildman–Crippen LogP) is 2.07. The summed E-state index contributed by atoms with van der Waals surface area (Å²) >= 11 is 0. The van der Waals surface area contributed by atoms with Gasteiger partial charge in [0.05, 0.1) is 11.1 Å². The molecule has 2 aromatic heterocycles.